The summed E-state index contributed by atoms with van der Waals surface area (Å²) in [6, 6.07) is 0. The quantitative estimate of drug-likeness (QED) is 0.275. The molecule has 7 nitrogen and oxygen atoms in total. The van der Waals surface area contributed by atoms with Gasteiger partial charge in [0.15, 0.2) is 5.75 Å². The molecule has 0 aromatic carbocycles. The molecule has 0 saturated carbocycles. The van der Waals surface area contributed by atoms with Gasteiger partial charge in [-0.05, 0) is 19.8 Å². The zero-order valence-corrected chi connectivity index (χ0v) is 11.1. The van der Waals surface area contributed by atoms with Gasteiger partial charge in [0.2, 0.25) is 0 Å². The summed E-state index contributed by atoms with van der Waals surface area (Å²) in [5.41, 5.74) is -0.123. The maximum Gasteiger partial charge on any atom is 0.323 e. The number of rotatable bonds is 9. The molecular weight excluding hydrogens is 264 g/mol. The van der Waals surface area contributed by atoms with E-state index in [1.54, 1.807) is 0 Å². The van der Waals surface area contributed by atoms with Crippen molar-refractivity contribution in [1.29, 1.82) is 0 Å². The van der Waals surface area contributed by atoms with Crippen molar-refractivity contribution in [3.8, 4) is 0 Å². The normalized spacial score (nSPS) is 22.8. The molecule has 1 rings (SSSR count). The van der Waals surface area contributed by atoms with Gasteiger partial charge < -0.3 is 14.2 Å². The van der Waals surface area contributed by atoms with Crippen LogP contribution in [0.15, 0.2) is 0 Å². The van der Waals surface area contributed by atoms with Crippen LogP contribution in [-0.4, -0.2) is 56.7 Å². The van der Waals surface area contributed by atoms with Crippen LogP contribution in [0.2, 0.25) is 0 Å². The molecule has 1 atom stereocenters. The topological polar surface area (TPSA) is 102 Å². The second-order valence-electron chi connectivity index (χ2n) is 4.44. The van der Waals surface area contributed by atoms with Gasteiger partial charge in [-0.25, -0.2) is 0 Å². The van der Waals surface area contributed by atoms with Crippen LogP contribution in [0.3, 0.4) is 0 Å². The summed E-state index contributed by atoms with van der Waals surface area (Å²) in [6.45, 7) is 3.89. The second kappa shape index (κ2) is 6.46. The van der Waals surface area contributed by atoms with Crippen LogP contribution in [0.25, 0.3) is 0 Å². The number of hydrogen-bond acceptors (Lipinski definition) is 6. The average molecular weight is 282 g/mol. The Labute approximate surface area is 106 Å². The van der Waals surface area contributed by atoms with Gasteiger partial charge in [0.1, 0.15) is 5.60 Å². The van der Waals surface area contributed by atoms with Crippen LogP contribution >= 0.6 is 0 Å². The molecule has 18 heavy (non-hydrogen) atoms. The maximum atomic E-state index is 10.9. The number of carbonyl (C=O) groups excluding carboxylic acids is 1. The third-order valence-corrected chi connectivity index (χ3v) is 2.89. The molecular formula is C10H18O7S. The molecule has 0 spiro atoms. The predicted molar refractivity (Wildman–Crippen MR) is 61.8 cm³/mol. The van der Waals surface area contributed by atoms with E-state index in [9.17, 15) is 13.2 Å². The van der Waals surface area contributed by atoms with E-state index in [1.807, 2.05) is 6.92 Å². The van der Waals surface area contributed by atoms with Crippen LogP contribution in [0.4, 0.5) is 0 Å². The molecule has 1 aliphatic heterocycles. The molecule has 8 heteroatoms. The summed E-state index contributed by atoms with van der Waals surface area (Å²) in [7, 11) is -4.30. The lowest BCUT2D eigenvalue weighted by molar-refractivity contribution is -0.140. The third-order valence-electron chi connectivity index (χ3n) is 2.29. The molecule has 0 aliphatic carbocycles. The Morgan fingerprint density at radius 2 is 2.00 bits per heavy atom. The fourth-order valence-corrected chi connectivity index (χ4v) is 1.56. The van der Waals surface area contributed by atoms with Crippen molar-refractivity contribution in [2.45, 2.75) is 25.4 Å². The zero-order chi connectivity index (χ0) is 13.6. The van der Waals surface area contributed by atoms with Gasteiger partial charge in [-0.3, -0.25) is 9.35 Å². The molecule has 0 amide bonds. The van der Waals surface area contributed by atoms with Crippen molar-refractivity contribution < 1.29 is 32.0 Å². The van der Waals surface area contributed by atoms with Gasteiger partial charge in [0.05, 0.1) is 19.8 Å². The molecule has 1 N–H and O–H groups in total. The largest absolute Gasteiger partial charge is 0.465 e. The van der Waals surface area contributed by atoms with Crippen LogP contribution < -0.4 is 0 Å². The zero-order valence-electron chi connectivity index (χ0n) is 10.3. The van der Waals surface area contributed by atoms with Gasteiger partial charge in [0.25, 0.3) is 10.1 Å². The summed E-state index contributed by atoms with van der Waals surface area (Å²) in [4.78, 5) is 10.9. The van der Waals surface area contributed by atoms with Gasteiger partial charge in [-0.2, -0.15) is 8.42 Å². The Morgan fingerprint density at radius 1 is 1.39 bits per heavy atom. The van der Waals surface area contributed by atoms with Crippen LogP contribution in [0, 0.1) is 0 Å². The lowest BCUT2D eigenvalue weighted by Crippen LogP contribution is -2.18. The van der Waals surface area contributed by atoms with Gasteiger partial charge in [-0.1, -0.05) is 0 Å². The van der Waals surface area contributed by atoms with Crippen molar-refractivity contribution in [3.63, 3.8) is 0 Å². The number of unbranched alkanes of at least 4 members (excludes halogenated alkanes) is 1. The van der Waals surface area contributed by atoms with Crippen molar-refractivity contribution in [3.05, 3.63) is 0 Å². The van der Waals surface area contributed by atoms with E-state index in [2.05, 4.69) is 4.74 Å². The molecule has 1 unspecified atom stereocenters. The van der Waals surface area contributed by atoms with Crippen LogP contribution in [-0.2, 0) is 29.1 Å². The second-order valence-corrected chi connectivity index (χ2v) is 5.90. The molecule has 0 radical (unpaired) electrons. The summed E-state index contributed by atoms with van der Waals surface area (Å²) >= 11 is 0. The van der Waals surface area contributed by atoms with E-state index < -0.39 is 21.8 Å². The average Bonchev–Trinajstić information content (AvgIpc) is 2.93. The minimum Gasteiger partial charge on any atom is -0.465 e. The smallest absolute Gasteiger partial charge is 0.323 e. The van der Waals surface area contributed by atoms with E-state index in [-0.39, 0.29) is 12.2 Å². The Bertz CT molecular complexity index is 372. The summed E-state index contributed by atoms with van der Waals surface area (Å²) in [5.74, 6) is -1.95. The summed E-state index contributed by atoms with van der Waals surface area (Å²) < 4.78 is 44.2. The first-order valence-corrected chi connectivity index (χ1v) is 7.24. The van der Waals surface area contributed by atoms with Crippen molar-refractivity contribution in [1.82, 2.24) is 0 Å². The fourth-order valence-electron chi connectivity index (χ4n) is 1.18. The first kappa shape index (κ1) is 15.4. The van der Waals surface area contributed by atoms with Gasteiger partial charge in [0, 0.05) is 6.61 Å². The Balaban J connectivity index is 1.90. The number of hydrogen-bond donors (Lipinski definition) is 1. The molecule has 1 saturated heterocycles. The highest BCUT2D eigenvalue weighted by Gasteiger charge is 2.39. The highest BCUT2D eigenvalue weighted by molar-refractivity contribution is 7.86. The highest BCUT2D eigenvalue weighted by atomic mass is 32.2. The van der Waals surface area contributed by atoms with E-state index in [1.165, 1.54) is 0 Å². The predicted octanol–water partition coefficient (Wildman–Crippen LogP) is 0.00310. The number of carbonyl (C=O) groups is 1. The monoisotopic (exact) mass is 282 g/mol. The van der Waals surface area contributed by atoms with Crippen molar-refractivity contribution in [2.24, 2.45) is 0 Å². The lowest BCUT2D eigenvalue weighted by Gasteiger charge is -2.07. The first-order chi connectivity index (χ1) is 8.31. The number of ether oxygens (including phenoxy) is 3. The molecule has 1 fully saturated rings. The molecule has 106 valence electrons. The fraction of sp³-hybridized carbons (Fsp3) is 0.900. The minimum absolute atomic E-state index is 0.117. The SMILES string of the molecule is CC1(COCCCCOC(=O)CS(=O)(=O)O)CO1. The molecule has 0 aromatic rings. The third kappa shape index (κ3) is 7.59. The maximum absolute atomic E-state index is 10.9. The Morgan fingerprint density at radius 3 is 2.56 bits per heavy atom. The van der Waals surface area contributed by atoms with E-state index in [4.69, 9.17) is 14.0 Å². The van der Waals surface area contributed by atoms with Gasteiger partial charge in [-0.15, -0.1) is 0 Å². The van der Waals surface area contributed by atoms with E-state index >= 15 is 0 Å². The number of esters is 1. The van der Waals surface area contributed by atoms with Gasteiger partial charge >= 0.3 is 5.97 Å². The Hall–Kier alpha value is -0.700. The van der Waals surface area contributed by atoms with Crippen LogP contribution in [0.5, 0.6) is 0 Å². The molecule has 0 bridgehead atoms. The standard InChI is InChI=1S/C10H18O7S/c1-10(8-17-10)7-15-4-2-3-5-16-9(11)6-18(12,13)14/h2-8H2,1H3,(H,12,13,14). The van der Waals surface area contributed by atoms with Crippen LogP contribution in [0.1, 0.15) is 19.8 Å². The summed E-state index contributed by atoms with van der Waals surface area (Å²) in [6.07, 6.45) is 1.28. The Kier molecular flexibility index (Phi) is 5.51. The van der Waals surface area contributed by atoms with Crippen molar-refractivity contribution in [2.75, 3.05) is 32.2 Å². The molecule has 1 heterocycles. The lowest BCUT2D eigenvalue weighted by atomic mass is 10.2. The first-order valence-electron chi connectivity index (χ1n) is 5.63. The van der Waals surface area contributed by atoms with E-state index in [0.29, 0.717) is 26.1 Å². The minimum atomic E-state index is -4.30. The number of epoxide rings is 1. The van der Waals surface area contributed by atoms with Crippen molar-refractivity contribution >= 4 is 16.1 Å². The summed E-state index contributed by atoms with van der Waals surface area (Å²) in [5, 5.41) is 0. The molecule has 0 aromatic heterocycles. The van der Waals surface area contributed by atoms with E-state index in [0.717, 1.165) is 6.61 Å². The highest BCUT2D eigenvalue weighted by Crippen LogP contribution is 2.25. The molecule has 1 aliphatic rings.